The third-order valence-electron chi connectivity index (χ3n) is 6.36. The Hall–Kier alpha value is -3.22. The van der Waals surface area contributed by atoms with Crippen LogP contribution in [-0.2, 0) is 27.7 Å². The second kappa shape index (κ2) is 23.1. The predicted molar refractivity (Wildman–Crippen MR) is 186 cm³/mol. The molecule has 340 valence electrons. The van der Waals surface area contributed by atoms with Gasteiger partial charge in [-0.15, -0.1) is 0 Å². The Morgan fingerprint density at radius 3 is 0.983 bits per heavy atom. The number of hydrogen-bond donors (Lipinski definition) is 20. The van der Waals surface area contributed by atoms with E-state index in [9.17, 15) is 20.4 Å². The number of ether oxygens (including phenoxy) is 2. The van der Waals surface area contributed by atoms with Gasteiger partial charge >= 0.3 is 31.3 Å². The zero-order valence-corrected chi connectivity index (χ0v) is 32.4. The van der Waals surface area contributed by atoms with Crippen molar-refractivity contribution in [3.8, 4) is 0 Å². The Morgan fingerprint density at radius 2 is 0.763 bits per heavy atom. The van der Waals surface area contributed by atoms with Crippen LogP contribution >= 0.6 is 31.3 Å². The highest BCUT2D eigenvalue weighted by molar-refractivity contribution is 7.45. The minimum absolute atomic E-state index is 0. The van der Waals surface area contributed by atoms with E-state index in [1.165, 1.54) is 34.4 Å². The van der Waals surface area contributed by atoms with Crippen molar-refractivity contribution in [3.05, 3.63) is 25.3 Å². The summed E-state index contributed by atoms with van der Waals surface area (Å²) in [6.45, 7) is -0.781. The lowest BCUT2D eigenvalue weighted by molar-refractivity contribution is -0.0511. The summed E-state index contributed by atoms with van der Waals surface area (Å²) < 4.78 is 49.2. The van der Waals surface area contributed by atoms with Crippen LogP contribution in [0, 0.1) is 0 Å². The Balaban J connectivity index is 0.000000781. The summed E-state index contributed by atoms with van der Waals surface area (Å²) >= 11 is 0. The first-order valence-electron chi connectivity index (χ1n) is 14.5. The van der Waals surface area contributed by atoms with Crippen LogP contribution in [0.4, 0.5) is 11.6 Å². The Kier molecular flexibility index (Phi) is 21.9. The number of phosphoric acid groups is 4. The van der Waals surface area contributed by atoms with Crippen LogP contribution in [0.5, 0.6) is 0 Å². The van der Waals surface area contributed by atoms with Crippen molar-refractivity contribution >= 4 is 65.3 Å². The second-order valence-corrected chi connectivity index (χ2v) is 14.8. The molecule has 2 aliphatic heterocycles. The topological polar surface area (TPSA) is 622 Å². The van der Waals surface area contributed by atoms with Gasteiger partial charge in [0.05, 0.1) is 25.9 Å². The number of nitrogen functional groups attached to an aromatic ring is 2. The molecule has 0 bridgehead atoms. The molecule has 0 radical (unpaired) electrons. The number of rotatable bonds is 4. The van der Waals surface area contributed by atoms with Crippen LogP contribution in [0.3, 0.4) is 0 Å². The second-order valence-electron chi connectivity index (χ2n) is 10.7. The molecule has 2 saturated heterocycles. The van der Waals surface area contributed by atoms with Gasteiger partial charge in [0.25, 0.3) is 0 Å². The van der Waals surface area contributed by atoms with Crippen molar-refractivity contribution in [1.82, 2.24) is 39.0 Å². The predicted octanol–water partition coefficient (Wildman–Crippen LogP) is -8.50. The smallest absolute Gasteiger partial charge is 0.412 e. The number of anilines is 2. The molecule has 0 spiro atoms. The van der Waals surface area contributed by atoms with Gasteiger partial charge in [0.15, 0.2) is 35.4 Å². The minimum Gasteiger partial charge on any atom is -0.412 e. The molecule has 4 aromatic rings. The molecule has 2 aliphatic rings. The maximum absolute atomic E-state index is 9.95. The van der Waals surface area contributed by atoms with Crippen molar-refractivity contribution < 1.29 is 123 Å². The molecule has 0 aliphatic carbocycles. The van der Waals surface area contributed by atoms with E-state index >= 15 is 0 Å². The van der Waals surface area contributed by atoms with E-state index in [1.54, 1.807) is 0 Å². The normalized spacial score (nSPS) is 24.0. The molecule has 6 rings (SSSR count). The zero-order chi connectivity index (χ0) is 45.1. The van der Waals surface area contributed by atoms with E-state index < -0.39 is 93.6 Å². The Morgan fingerprint density at radius 1 is 0.508 bits per heavy atom. The number of imidazole rings is 2. The van der Waals surface area contributed by atoms with E-state index in [0.29, 0.717) is 22.3 Å². The summed E-state index contributed by atoms with van der Waals surface area (Å²) in [5.41, 5.74) is 12.9. The minimum atomic E-state index is -4.64. The quantitative estimate of drug-likeness (QED) is 0.0845. The average molecular weight is 944 g/mol. The monoisotopic (exact) mass is 944 g/mol. The fourth-order valence-corrected chi connectivity index (χ4v) is 4.33. The number of hydrogen-bond acceptors (Lipinski definition) is 20. The van der Waals surface area contributed by atoms with Crippen LogP contribution in [0.25, 0.3) is 22.3 Å². The Labute approximate surface area is 326 Å². The SMILES string of the molecule is Nc1ncnc2c1ncn2[C@@H]1O[C@H](CO)[C@@H](O)[C@H]1O.Nc1ncnc2c1ncn2[C@@H]1O[C@H](CO)[C@@H](O)[C@H]1O.O.O=P(O)(O)O.O=P(O)(O)O.O=P(O)(O)O.O=P(O)(O)O. The van der Waals surface area contributed by atoms with E-state index in [1.807, 2.05) is 0 Å². The van der Waals surface area contributed by atoms with Crippen molar-refractivity contribution in [2.24, 2.45) is 0 Å². The van der Waals surface area contributed by atoms with Crippen LogP contribution < -0.4 is 11.5 Å². The average Bonchev–Trinajstić information content (AvgIpc) is 3.80. The fourth-order valence-electron chi connectivity index (χ4n) is 4.33. The molecular weight excluding hydrogens is 904 g/mol. The van der Waals surface area contributed by atoms with Gasteiger partial charge in [0, 0.05) is 0 Å². The van der Waals surface area contributed by atoms with Gasteiger partial charge in [-0.25, -0.2) is 48.2 Å². The molecule has 0 amide bonds. The summed E-state index contributed by atoms with van der Waals surface area (Å²) in [6.07, 6.45) is -2.85. The number of aliphatic hydroxyl groups excluding tert-OH is 6. The van der Waals surface area contributed by atoms with E-state index in [0.717, 1.165) is 0 Å². The van der Waals surface area contributed by atoms with Gasteiger partial charge in [-0.1, -0.05) is 0 Å². The van der Waals surface area contributed by atoms with Gasteiger partial charge in [0.1, 0.15) is 60.3 Å². The van der Waals surface area contributed by atoms with Crippen LogP contribution in [0.1, 0.15) is 12.5 Å². The van der Waals surface area contributed by atoms with Crippen LogP contribution in [0.2, 0.25) is 0 Å². The standard InChI is InChI=1S/2C10H13N5O4.4H3O4P.H2O/c2*11-8-5-9(13-2-12-8)15(3-14-5)10-7(18)6(17)4(1-16)19-10;4*1-5(2,3)4;/h2*2-4,6-7,10,16-18H,1H2,(H2,11,12,13);4*(H3,1,2,3,4);1H2/t2*4-,6-,7-,10-;;;;;/m11...../s1. The maximum Gasteiger partial charge on any atom is 0.466 e. The third-order valence-corrected chi connectivity index (χ3v) is 6.36. The molecule has 0 saturated carbocycles. The van der Waals surface area contributed by atoms with E-state index in [-0.39, 0.29) is 17.1 Å². The molecule has 8 atom stereocenters. The number of aliphatic hydroxyl groups is 6. The maximum atomic E-state index is 9.95. The highest BCUT2D eigenvalue weighted by Crippen LogP contribution is 2.33. The molecule has 4 aromatic heterocycles. The van der Waals surface area contributed by atoms with Gasteiger partial charge in [0.2, 0.25) is 0 Å². The number of fused-ring (bicyclic) bond motifs is 2. The molecule has 0 unspecified atom stereocenters. The molecule has 2 fully saturated rings. The summed E-state index contributed by atoms with van der Waals surface area (Å²) in [7, 11) is -18.6. The third kappa shape index (κ3) is 20.3. The lowest BCUT2D eigenvalue weighted by Crippen LogP contribution is -2.33. The molecule has 24 N–H and O–H groups in total. The molecular formula is C20H40N10O25P4. The Bertz CT molecular complexity index is 1870. The molecule has 35 nitrogen and oxygen atoms in total. The summed E-state index contributed by atoms with van der Waals surface area (Å²) in [6, 6.07) is 0. The van der Waals surface area contributed by atoms with Gasteiger partial charge < -0.3 is 116 Å². The van der Waals surface area contributed by atoms with Crippen molar-refractivity contribution in [3.63, 3.8) is 0 Å². The van der Waals surface area contributed by atoms with Gasteiger partial charge in [-0.3, -0.25) is 9.13 Å². The number of aromatic nitrogens is 8. The van der Waals surface area contributed by atoms with E-state index in [4.69, 9.17) is 108 Å². The van der Waals surface area contributed by atoms with Crippen molar-refractivity contribution in [2.75, 3.05) is 24.7 Å². The largest absolute Gasteiger partial charge is 0.466 e. The van der Waals surface area contributed by atoms with Crippen molar-refractivity contribution in [2.45, 2.75) is 49.1 Å². The number of nitrogens with zero attached hydrogens (tertiary/aromatic N) is 8. The van der Waals surface area contributed by atoms with Gasteiger partial charge in [-0.05, 0) is 0 Å². The highest BCUT2D eigenvalue weighted by Gasteiger charge is 2.45. The molecule has 6 heterocycles. The van der Waals surface area contributed by atoms with Crippen molar-refractivity contribution in [1.29, 1.82) is 0 Å². The summed E-state index contributed by atoms with van der Waals surface area (Å²) in [4.78, 5) is 110. The summed E-state index contributed by atoms with van der Waals surface area (Å²) in [5.74, 6) is 0.436. The molecule has 39 heteroatoms. The zero-order valence-electron chi connectivity index (χ0n) is 28.9. The highest BCUT2D eigenvalue weighted by atomic mass is 31.2. The lowest BCUT2D eigenvalue weighted by atomic mass is 10.1. The first-order valence-corrected chi connectivity index (χ1v) is 20.8. The van der Waals surface area contributed by atoms with E-state index in [2.05, 4.69) is 29.9 Å². The van der Waals surface area contributed by atoms with Gasteiger partial charge in [-0.2, -0.15) is 0 Å². The lowest BCUT2D eigenvalue weighted by Gasteiger charge is -2.16. The summed E-state index contributed by atoms with van der Waals surface area (Å²) in [5, 5.41) is 57.5. The fraction of sp³-hybridized carbons (Fsp3) is 0.500. The first-order chi connectivity index (χ1) is 26.3. The molecule has 59 heavy (non-hydrogen) atoms. The van der Waals surface area contributed by atoms with Crippen LogP contribution in [0.15, 0.2) is 25.3 Å². The first kappa shape index (κ1) is 55.8. The number of nitrogens with two attached hydrogens (primary N) is 2. The molecule has 0 aromatic carbocycles. The van der Waals surface area contributed by atoms with Crippen LogP contribution in [-0.4, -0.2) is 184 Å².